The van der Waals surface area contributed by atoms with Gasteiger partial charge in [0.15, 0.2) is 0 Å². The molecule has 1 aromatic heterocycles. The Kier molecular flexibility index (Phi) is 6.73. The van der Waals surface area contributed by atoms with E-state index in [4.69, 9.17) is 4.98 Å². The van der Waals surface area contributed by atoms with Crippen molar-refractivity contribution < 1.29 is 0 Å². The second-order valence-electron chi connectivity index (χ2n) is 11.9. The van der Waals surface area contributed by atoms with E-state index in [9.17, 15) is 0 Å². The molecule has 1 nitrogen and oxygen atoms in total. The fourth-order valence-corrected chi connectivity index (χ4v) is 7.84. The molecular weight excluding hydrogens is 587 g/mol. The molecule has 0 fully saturated rings. The largest absolute Gasteiger partial charge is 0.236 e. The highest BCUT2D eigenvalue weighted by molar-refractivity contribution is 7.21. The molecule has 0 amide bonds. The topological polar surface area (TPSA) is 12.9 Å². The van der Waals surface area contributed by atoms with Gasteiger partial charge in [-0.1, -0.05) is 146 Å². The van der Waals surface area contributed by atoms with Crippen molar-refractivity contribution in [2.24, 2.45) is 0 Å². The van der Waals surface area contributed by atoms with Gasteiger partial charge >= 0.3 is 0 Å². The van der Waals surface area contributed by atoms with Crippen LogP contribution in [0.2, 0.25) is 0 Å². The molecule has 0 spiro atoms. The van der Waals surface area contributed by atoms with Gasteiger partial charge in [-0.05, 0) is 96.4 Å². The lowest BCUT2D eigenvalue weighted by Crippen LogP contribution is -1.93. The van der Waals surface area contributed by atoms with E-state index in [1.807, 2.05) is 0 Å². The van der Waals surface area contributed by atoms with Crippen LogP contribution in [-0.2, 0) is 0 Å². The molecule has 9 aromatic rings. The standard InChI is InChI=1S/C45H29NS/c1-4-13-30(14-5-1)33-24-26-38-39(28-33)43(32-17-8-3-9-18-32)37-25-23-34(31-15-6-2-7-16-31)29-40(37)44(38)35-19-12-20-36(27-35)45-46-41-21-10-11-22-42(41)47-45/h1-29H. The molecular formula is C45H29NS. The fourth-order valence-electron chi connectivity index (χ4n) is 6.88. The van der Waals surface area contributed by atoms with Crippen molar-refractivity contribution >= 4 is 43.1 Å². The Labute approximate surface area is 278 Å². The molecule has 0 atom stereocenters. The summed E-state index contributed by atoms with van der Waals surface area (Å²) in [7, 11) is 0. The van der Waals surface area contributed by atoms with Crippen molar-refractivity contribution in [3.8, 4) is 55.1 Å². The van der Waals surface area contributed by atoms with E-state index < -0.39 is 0 Å². The monoisotopic (exact) mass is 615 g/mol. The molecule has 0 aliphatic heterocycles. The zero-order chi connectivity index (χ0) is 31.2. The molecule has 0 aliphatic carbocycles. The Bertz CT molecular complexity index is 2520. The number of hydrogen-bond donors (Lipinski definition) is 0. The number of para-hydroxylation sites is 1. The third-order valence-electron chi connectivity index (χ3n) is 9.09. The molecule has 0 saturated heterocycles. The van der Waals surface area contributed by atoms with Crippen LogP contribution in [0.4, 0.5) is 0 Å². The minimum atomic E-state index is 1.04. The average Bonchev–Trinajstić information content (AvgIpc) is 3.59. The summed E-state index contributed by atoms with van der Waals surface area (Å²) in [4.78, 5) is 5.01. The predicted octanol–water partition coefficient (Wildman–Crippen LogP) is 12.9. The predicted molar refractivity (Wildman–Crippen MR) is 202 cm³/mol. The van der Waals surface area contributed by atoms with E-state index >= 15 is 0 Å². The lowest BCUT2D eigenvalue weighted by atomic mass is 9.83. The molecule has 0 aliphatic rings. The maximum atomic E-state index is 5.01. The third-order valence-corrected chi connectivity index (χ3v) is 10.2. The van der Waals surface area contributed by atoms with Crippen LogP contribution in [-0.4, -0.2) is 4.98 Å². The van der Waals surface area contributed by atoms with E-state index in [1.54, 1.807) is 11.3 Å². The maximum absolute atomic E-state index is 5.01. The summed E-state index contributed by atoms with van der Waals surface area (Å²) in [6.45, 7) is 0. The highest BCUT2D eigenvalue weighted by atomic mass is 32.1. The highest BCUT2D eigenvalue weighted by Crippen LogP contribution is 2.46. The number of aromatic nitrogens is 1. The normalized spacial score (nSPS) is 11.4. The highest BCUT2D eigenvalue weighted by Gasteiger charge is 2.19. The van der Waals surface area contributed by atoms with E-state index in [1.165, 1.54) is 70.8 Å². The van der Waals surface area contributed by atoms with Crippen LogP contribution in [0.5, 0.6) is 0 Å². The first kappa shape index (κ1) is 27.5. The van der Waals surface area contributed by atoms with Crippen molar-refractivity contribution in [3.63, 3.8) is 0 Å². The van der Waals surface area contributed by atoms with Gasteiger partial charge in [-0.25, -0.2) is 4.98 Å². The molecule has 0 unspecified atom stereocenters. The Morgan fingerprint density at radius 2 is 0.809 bits per heavy atom. The number of hydrogen-bond acceptors (Lipinski definition) is 2. The number of fused-ring (bicyclic) bond motifs is 3. The summed E-state index contributed by atoms with van der Waals surface area (Å²) in [6, 6.07) is 63.6. The van der Waals surface area contributed by atoms with Crippen molar-refractivity contribution in [1.29, 1.82) is 0 Å². The van der Waals surface area contributed by atoms with Crippen LogP contribution in [0.25, 0.3) is 86.8 Å². The molecule has 220 valence electrons. The molecule has 0 radical (unpaired) electrons. The van der Waals surface area contributed by atoms with Gasteiger partial charge in [0.2, 0.25) is 0 Å². The Hall–Kier alpha value is -5.83. The van der Waals surface area contributed by atoms with Crippen LogP contribution >= 0.6 is 11.3 Å². The molecule has 47 heavy (non-hydrogen) atoms. The number of thiazole rings is 1. The van der Waals surface area contributed by atoms with E-state index in [2.05, 4.69) is 176 Å². The SMILES string of the molecule is c1ccc(-c2ccc3c(-c4cccc(-c5nc6ccccc6s5)c4)c4cc(-c5ccccc5)ccc4c(-c4ccccc4)c3c2)cc1. The second-order valence-corrected chi connectivity index (χ2v) is 13.0. The van der Waals surface area contributed by atoms with E-state index in [0.29, 0.717) is 0 Å². The summed E-state index contributed by atoms with van der Waals surface area (Å²) in [6.07, 6.45) is 0. The van der Waals surface area contributed by atoms with Crippen LogP contribution in [0.1, 0.15) is 0 Å². The molecule has 1 heterocycles. The van der Waals surface area contributed by atoms with Gasteiger partial charge in [0.1, 0.15) is 5.01 Å². The average molecular weight is 616 g/mol. The van der Waals surface area contributed by atoms with Gasteiger partial charge in [-0.2, -0.15) is 0 Å². The molecule has 9 rings (SSSR count). The van der Waals surface area contributed by atoms with Crippen LogP contribution < -0.4 is 0 Å². The van der Waals surface area contributed by atoms with Crippen LogP contribution in [0.15, 0.2) is 176 Å². The first-order valence-corrected chi connectivity index (χ1v) is 16.8. The lowest BCUT2D eigenvalue weighted by Gasteiger charge is -2.20. The van der Waals surface area contributed by atoms with Crippen LogP contribution in [0.3, 0.4) is 0 Å². The van der Waals surface area contributed by atoms with Gasteiger partial charge in [-0.15, -0.1) is 11.3 Å². The summed E-state index contributed by atoms with van der Waals surface area (Å²) >= 11 is 1.75. The van der Waals surface area contributed by atoms with E-state index in [-0.39, 0.29) is 0 Å². The zero-order valence-electron chi connectivity index (χ0n) is 25.6. The molecule has 8 aromatic carbocycles. The van der Waals surface area contributed by atoms with Gasteiger partial charge in [0.25, 0.3) is 0 Å². The van der Waals surface area contributed by atoms with E-state index in [0.717, 1.165) is 16.1 Å². The third kappa shape index (κ3) is 4.91. The van der Waals surface area contributed by atoms with Crippen molar-refractivity contribution in [2.75, 3.05) is 0 Å². The van der Waals surface area contributed by atoms with Gasteiger partial charge < -0.3 is 0 Å². The quantitative estimate of drug-likeness (QED) is 0.176. The fraction of sp³-hybridized carbons (Fsp3) is 0. The lowest BCUT2D eigenvalue weighted by molar-refractivity contribution is 1.48. The van der Waals surface area contributed by atoms with Crippen molar-refractivity contribution in [1.82, 2.24) is 4.98 Å². The molecule has 0 bridgehead atoms. The minimum Gasteiger partial charge on any atom is -0.236 e. The Morgan fingerprint density at radius 1 is 0.319 bits per heavy atom. The molecule has 0 saturated carbocycles. The number of rotatable bonds is 5. The smallest absolute Gasteiger partial charge is 0.124 e. The maximum Gasteiger partial charge on any atom is 0.124 e. The Balaban J connectivity index is 1.38. The minimum absolute atomic E-state index is 1.04. The molecule has 0 N–H and O–H groups in total. The van der Waals surface area contributed by atoms with Crippen LogP contribution in [0, 0.1) is 0 Å². The summed E-state index contributed by atoms with van der Waals surface area (Å²) < 4.78 is 1.21. The second kappa shape index (κ2) is 11.5. The van der Waals surface area contributed by atoms with Gasteiger partial charge in [0, 0.05) is 5.56 Å². The number of nitrogens with zero attached hydrogens (tertiary/aromatic N) is 1. The van der Waals surface area contributed by atoms with Gasteiger partial charge in [-0.3, -0.25) is 0 Å². The number of benzene rings is 8. The Morgan fingerprint density at radius 3 is 1.40 bits per heavy atom. The summed E-state index contributed by atoms with van der Waals surface area (Å²) in [5.74, 6) is 0. The van der Waals surface area contributed by atoms with Gasteiger partial charge in [0.05, 0.1) is 10.2 Å². The summed E-state index contributed by atoms with van der Waals surface area (Å²) in [5.41, 5.74) is 11.9. The first-order chi connectivity index (χ1) is 23.3. The first-order valence-electron chi connectivity index (χ1n) is 16.0. The van der Waals surface area contributed by atoms with Crippen molar-refractivity contribution in [3.05, 3.63) is 176 Å². The van der Waals surface area contributed by atoms with Crippen molar-refractivity contribution in [2.45, 2.75) is 0 Å². The molecule has 2 heteroatoms. The zero-order valence-corrected chi connectivity index (χ0v) is 26.4. The summed E-state index contributed by atoms with van der Waals surface area (Å²) in [5, 5.41) is 6.01.